The smallest absolute Gasteiger partial charge is 0.264 e. The van der Waals surface area contributed by atoms with Crippen molar-refractivity contribution in [2.24, 2.45) is 0 Å². The molecule has 1 heterocycles. The predicted molar refractivity (Wildman–Crippen MR) is 73.8 cm³/mol. The van der Waals surface area contributed by atoms with Crippen LogP contribution in [0, 0.1) is 17.5 Å². The molecule has 0 unspecified atom stereocenters. The van der Waals surface area contributed by atoms with E-state index in [2.05, 4.69) is 0 Å². The summed E-state index contributed by atoms with van der Waals surface area (Å²) in [4.78, 5) is 12.4. The van der Waals surface area contributed by atoms with Gasteiger partial charge in [0.1, 0.15) is 5.82 Å². The lowest BCUT2D eigenvalue weighted by atomic mass is 10.1. The van der Waals surface area contributed by atoms with Gasteiger partial charge in [-0.15, -0.1) is 0 Å². The first-order valence-electron chi connectivity index (χ1n) is 6.04. The molecule has 1 aromatic heterocycles. The molecule has 21 heavy (non-hydrogen) atoms. The molecule has 6 heteroatoms. The van der Waals surface area contributed by atoms with Gasteiger partial charge in [-0.25, -0.2) is 13.2 Å². The number of pyridine rings is 1. The molecule has 2 aromatic carbocycles. The molecule has 0 amide bonds. The topological polar surface area (TPSA) is 48.0 Å². The second kappa shape index (κ2) is 4.66. The Hall–Kier alpha value is -2.76. The van der Waals surface area contributed by atoms with Gasteiger partial charge in [0, 0.05) is 17.5 Å². The van der Waals surface area contributed by atoms with Crippen LogP contribution in [0.25, 0.3) is 16.5 Å². The van der Waals surface area contributed by atoms with Crippen LogP contribution in [0.2, 0.25) is 0 Å². The third-order valence-electron chi connectivity index (χ3n) is 3.18. The van der Waals surface area contributed by atoms with Crippen molar-refractivity contribution < 1.29 is 13.2 Å². The maximum Gasteiger partial charge on any atom is 0.264 e. The number of hydrogen-bond donors (Lipinski definition) is 1. The monoisotopic (exact) mass is 290 g/mol. The van der Waals surface area contributed by atoms with Gasteiger partial charge in [0.25, 0.3) is 5.56 Å². The van der Waals surface area contributed by atoms with Crippen LogP contribution >= 0.6 is 0 Å². The Morgan fingerprint density at radius 3 is 2.24 bits per heavy atom. The standard InChI is InChI=1S/C15H9F3N2O/c16-11-6-9(7-12(17)14(11)18)20-13(19)5-8-3-1-2-4-10(8)15(20)21/h1-7H,19H2. The fourth-order valence-electron chi connectivity index (χ4n) is 2.22. The van der Waals surface area contributed by atoms with Crippen LogP contribution in [0.1, 0.15) is 0 Å². The summed E-state index contributed by atoms with van der Waals surface area (Å²) in [6.07, 6.45) is 0. The van der Waals surface area contributed by atoms with Crippen molar-refractivity contribution in [3.8, 4) is 5.69 Å². The van der Waals surface area contributed by atoms with Gasteiger partial charge in [-0.2, -0.15) is 0 Å². The van der Waals surface area contributed by atoms with E-state index in [0.717, 1.165) is 16.7 Å². The summed E-state index contributed by atoms with van der Waals surface area (Å²) >= 11 is 0. The molecular weight excluding hydrogens is 281 g/mol. The van der Waals surface area contributed by atoms with Crippen molar-refractivity contribution >= 4 is 16.6 Å². The second-order valence-electron chi connectivity index (χ2n) is 4.52. The summed E-state index contributed by atoms with van der Waals surface area (Å²) < 4.78 is 40.6. The Bertz CT molecular complexity index is 895. The highest BCUT2D eigenvalue weighted by molar-refractivity contribution is 5.84. The van der Waals surface area contributed by atoms with E-state index in [9.17, 15) is 18.0 Å². The Morgan fingerprint density at radius 1 is 0.952 bits per heavy atom. The van der Waals surface area contributed by atoms with Crippen molar-refractivity contribution in [1.29, 1.82) is 0 Å². The van der Waals surface area contributed by atoms with Crippen molar-refractivity contribution in [3.63, 3.8) is 0 Å². The SMILES string of the molecule is Nc1cc2ccccc2c(=O)n1-c1cc(F)c(F)c(F)c1. The van der Waals surface area contributed by atoms with Crippen LogP contribution in [-0.4, -0.2) is 4.57 Å². The minimum Gasteiger partial charge on any atom is -0.385 e. The number of anilines is 1. The molecule has 2 N–H and O–H groups in total. The predicted octanol–water partition coefficient (Wildman–Crippen LogP) is 2.99. The van der Waals surface area contributed by atoms with Crippen LogP contribution in [0.4, 0.5) is 19.0 Å². The maximum atomic E-state index is 13.3. The number of aromatic nitrogens is 1. The third-order valence-corrected chi connectivity index (χ3v) is 3.18. The number of benzene rings is 2. The molecule has 3 aromatic rings. The molecule has 0 aliphatic rings. The van der Waals surface area contributed by atoms with E-state index >= 15 is 0 Å². The van der Waals surface area contributed by atoms with Gasteiger partial charge in [-0.05, 0) is 17.5 Å². The van der Waals surface area contributed by atoms with E-state index in [0.29, 0.717) is 10.8 Å². The van der Waals surface area contributed by atoms with Crippen molar-refractivity contribution in [2.75, 3.05) is 5.73 Å². The molecule has 0 fully saturated rings. The Labute approximate surface area is 117 Å². The number of nitrogens with zero attached hydrogens (tertiary/aromatic N) is 1. The van der Waals surface area contributed by atoms with Crippen LogP contribution in [0.3, 0.4) is 0 Å². The highest BCUT2D eigenvalue weighted by Gasteiger charge is 2.15. The normalized spacial score (nSPS) is 11.0. The highest BCUT2D eigenvalue weighted by Crippen LogP contribution is 2.20. The number of fused-ring (bicyclic) bond motifs is 1. The van der Waals surface area contributed by atoms with E-state index in [-0.39, 0.29) is 11.5 Å². The number of hydrogen-bond acceptors (Lipinski definition) is 2. The lowest BCUT2D eigenvalue weighted by molar-refractivity contribution is 0.446. The van der Waals surface area contributed by atoms with Gasteiger partial charge in [0.15, 0.2) is 17.5 Å². The molecule has 0 aliphatic carbocycles. The molecule has 3 nitrogen and oxygen atoms in total. The third kappa shape index (κ3) is 2.05. The molecule has 0 spiro atoms. The molecule has 0 aliphatic heterocycles. The lowest BCUT2D eigenvalue weighted by Gasteiger charge is -2.12. The van der Waals surface area contributed by atoms with Gasteiger partial charge in [-0.3, -0.25) is 9.36 Å². The van der Waals surface area contributed by atoms with Gasteiger partial charge in [-0.1, -0.05) is 18.2 Å². The van der Waals surface area contributed by atoms with Gasteiger partial charge >= 0.3 is 0 Å². The van der Waals surface area contributed by atoms with Crippen LogP contribution in [-0.2, 0) is 0 Å². The van der Waals surface area contributed by atoms with Gasteiger partial charge in [0.2, 0.25) is 0 Å². The number of nitrogens with two attached hydrogens (primary N) is 1. The minimum absolute atomic E-state index is 0.00380. The van der Waals surface area contributed by atoms with Crippen molar-refractivity contribution in [3.05, 3.63) is 70.3 Å². The Morgan fingerprint density at radius 2 is 1.57 bits per heavy atom. The molecular formula is C15H9F3N2O. The summed E-state index contributed by atoms with van der Waals surface area (Å²) in [5.74, 6) is -4.36. The summed E-state index contributed by atoms with van der Waals surface area (Å²) in [6, 6.07) is 9.64. The average molecular weight is 290 g/mol. The number of nitrogen functional groups attached to an aromatic ring is 1. The highest BCUT2D eigenvalue weighted by atomic mass is 19.2. The van der Waals surface area contributed by atoms with Crippen molar-refractivity contribution in [2.45, 2.75) is 0 Å². The van der Waals surface area contributed by atoms with E-state index in [1.165, 1.54) is 6.07 Å². The zero-order valence-corrected chi connectivity index (χ0v) is 10.6. The van der Waals surface area contributed by atoms with Gasteiger partial charge in [0.05, 0.1) is 5.69 Å². The van der Waals surface area contributed by atoms with E-state index < -0.39 is 23.0 Å². The van der Waals surface area contributed by atoms with E-state index in [4.69, 9.17) is 5.73 Å². The molecule has 0 saturated heterocycles. The molecule has 0 radical (unpaired) electrons. The quantitative estimate of drug-likeness (QED) is 0.700. The number of halogens is 3. The van der Waals surface area contributed by atoms with Crippen LogP contribution in [0.5, 0.6) is 0 Å². The molecule has 106 valence electrons. The Kier molecular flexibility index (Phi) is 2.94. The lowest BCUT2D eigenvalue weighted by Crippen LogP contribution is -2.21. The Balaban J connectivity index is 2.38. The minimum atomic E-state index is -1.59. The zero-order chi connectivity index (χ0) is 15.1. The number of rotatable bonds is 1. The van der Waals surface area contributed by atoms with E-state index in [1.54, 1.807) is 24.3 Å². The van der Waals surface area contributed by atoms with Crippen LogP contribution < -0.4 is 11.3 Å². The first-order chi connectivity index (χ1) is 9.99. The zero-order valence-electron chi connectivity index (χ0n) is 10.6. The van der Waals surface area contributed by atoms with Gasteiger partial charge < -0.3 is 5.73 Å². The maximum absolute atomic E-state index is 13.3. The molecule has 0 atom stereocenters. The first-order valence-corrected chi connectivity index (χ1v) is 6.04. The fraction of sp³-hybridized carbons (Fsp3) is 0. The molecule has 3 rings (SSSR count). The van der Waals surface area contributed by atoms with E-state index in [1.807, 2.05) is 0 Å². The summed E-state index contributed by atoms with van der Waals surface area (Å²) in [5.41, 5.74) is 5.08. The van der Waals surface area contributed by atoms with Crippen molar-refractivity contribution in [1.82, 2.24) is 4.57 Å². The fourth-order valence-corrected chi connectivity index (χ4v) is 2.22. The first kappa shape index (κ1) is 13.2. The molecule has 0 bridgehead atoms. The summed E-state index contributed by atoms with van der Waals surface area (Å²) in [7, 11) is 0. The summed E-state index contributed by atoms with van der Waals surface area (Å²) in [5, 5.41) is 0.955. The summed E-state index contributed by atoms with van der Waals surface area (Å²) in [6.45, 7) is 0. The largest absolute Gasteiger partial charge is 0.385 e. The average Bonchev–Trinajstić information content (AvgIpc) is 2.44. The van der Waals surface area contributed by atoms with Crippen LogP contribution in [0.15, 0.2) is 47.3 Å². The second-order valence-corrected chi connectivity index (χ2v) is 4.52. The molecule has 0 saturated carbocycles.